The summed E-state index contributed by atoms with van der Waals surface area (Å²) >= 11 is 0. The highest BCUT2D eigenvalue weighted by Gasteiger charge is 2.14. The van der Waals surface area contributed by atoms with Crippen LogP contribution in [0.4, 0.5) is 17.3 Å². The van der Waals surface area contributed by atoms with Gasteiger partial charge in [0.05, 0.1) is 11.2 Å². The summed E-state index contributed by atoms with van der Waals surface area (Å²) in [5.74, 6) is 2.62. The van der Waals surface area contributed by atoms with Crippen molar-refractivity contribution in [2.45, 2.75) is 26.2 Å². The van der Waals surface area contributed by atoms with Crippen LogP contribution >= 0.6 is 0 Å². The maximum absolute atomic E-state index is 4.62. The van der Waals surface area contributed by atoms with E-state index in [2.05, 4.69) is 37.3 Å². The summed E-state index contributed by atoms with van der Waals surface area (Å²) in [6, 6.07) is 12.2. The first-order valence-corrected chi connectivity index (χ1v) is 8.51. The van der Waals surface area contributed by atoms with Gasteiger partial charge in [-0.15, -0.1) is 0 Å². The lowest BCUT2D eigenvalue weighted by Gasteiger charge is -2.28. The number of nitrogens with zero attached hydrogens (tertiary/aromatic N) is 4. The average Bonchev–Trinajstić information content (AvgIpc) is 2.62. The van der Waals surface area contributed by atoms with Crippen LogP contribution in [0.5, 0.6) is 0 Å². The maximum Gasteiger partial charge on any atom is 0.136 e. The number of para-hydroxylation sites is 1. The van der Waals surface area contributed by atoms with Gasteiger partial charge in [-0.1, -0.05) is 18.2 Å². The molecule has 5 nitrogen and oxygen atoms in total. The average molecular weight is 319 g/mol. The fraction of sp³-hybridized carbons (Fsp3) is 0.316. The zero-order valence-electron chi connectivity index (χ0n) is 13.9. The Balaban J connectivity index is 1.67. The number of rotatable bonds is 3. The Kier molecular flexibility index (Phi) is 3.99. The second-order valence-corrected chi connectivity index (χ2v) is 6.21. The Morgan fingerprint density at radius 3 is 2.71 bits per heavy atom. The van der Waals surface area contributed by atoms with Crippen molar-refractivity contribution in [2.75, 3.05) is 23.3 Å². The Hall–Kier alpha value is -2.69. The lowest BCUT2D eigenvalue weighted by molar-refractivity contribution is 0.572. The predicted octanol–water partition coefficient (Wildman–Crippen LogP) is 4.07. The number of piperidine rings is 1. The van der Waals surface area contributed by atoms with Crippen LogP contribution in [-0.2, 0) is 0 Å². The van der Waals surface area contributed by atoms with Crippen molar-refractivity contribution in [3.63, 3.8) is 0 Å². The molecule has 1 saturated heterocycles. The van der Waals surface area contributed by atoms with Crippen LogP contribution in [0.2, 0.25) is 0 Å². The summed E-state index contributed by atoms with van der Waals surface area (Å²) in [6.07, 6.45) is 5.60. The van der Waals surface area contributed by atoms with E-state index in [1.807, 2.05) is 37.4 Å². The minimum absolute atomic E-state index is 0.786. The van der Waals surface area contributed by atoms with E-state index in [4.69, 9.17) is 0 Å². The molecule has 1 aliphatic rings. The molecule has 24 heavy (non-hydrogen) atoms. The van der Waals surface area contributed by atoms with Crippen molar-refractivity contribution >= 4 is 28.2 Å². The molecule has 1 N–H and O–H groups in total. The van der Waals surface area contributed by atoms with E-state index in [0.29, 0.717) is 0 Å². The van der Waals surface area contributed by atoms with Gasteiger partial charge >= 0.3 is 0 Å². The fourth-order valence-electron chi connectivity index (χ4n) is 3.24. The minimum Gasteiger partial charge on any atom is -0.356 e. The van der Waals surface area contributed by atoms with Gasteiger partial charge in [0.1, 0.15) is 17.5 Å². The number of hydrogen-bond donors (Lipinski definition) is 1. The second kappa shape index (κ2) is 6.43. The number of nitrogens with one attached hydrogen (secondary N) is 1. The van der Waals surface area contributed by atoms with Gasteiger partial charge in [0, 0.05) is 30.7 Å². The molecule has 0 atom stereocenters. The Labute approximate surface area is 141 Å². The summed E-state index contributed by atoms with van der Waals surface area (Å²) in [4.78, 5) is 16.0. The SMILES string of the molecule is Cc1nc(Nc2cccc3cccnc23)cc(N2CCCCC2)n1. The molecule has 1 aromatic carbocycles. The molecule has 0 saturated carbocycles. The molecule has 1 aliphatic heterocycles. The second-order valence-electron chi connectivity index (χ2n) is 6.21. The number of pyridine rings is 1. The molecule has 0 spiro atoms. The molecule has 5 heteroatoms. The molecular weight excluding hydrogens is 298 g/mol. The van der Waals surface area contributed by atoms with Crippen LogP contribution in [-0.4, -0.2) is 28.0 Å². The van der Waals surface area contributed by atoms with Gasteiger partial charge in [-0.3, -0.25) is 4.98 Å². The molecule has 0 bridgehead atoms. The van der Waals surface area contributed by atoms with Gasteiger partial charge in [0.2, 0.25) is 0 Å². The molecule has 0 amide bonds. The standard InChI is InChI=1S/C19H21N5/c1-14-21-17(13-18(22-14)24-11-3-2-4-12-24)23-16-9-5-7-15-8-6-10-20-19(15)16/h5-10,13H,2-4,11-12H2,1H3,(H,21,22,23). The number of aromatic nitrogens is 3. The molecule has 3 heterocycles. The normalized spacial score (nSPS) is 14.8. The van der Waals surface area contributed by atoms with E-state index in [9.17, 15) is 0 Å². The van der Waals surface area contributed by atoms with Gasteiger partial charge < -0.3 is 10.2 Å². The highest BCUT2D eigenvalue weighted by Crippen LogP contribution is 2.26. The Morgan fingerprint density at radius 1 is 1.00 bits per heavy atom. The molecule has 0 radical (unpaired) electrons. The first kappa shape index (κ1) is 14.9. The van der Waals surface area contributed by atoms with E-state index in [1.54, 1.807) is 0 Å². The number of hydrogen-bond acceptors (Lipinski definition) is 5. The van der Waals surface area contributed by atoms with Crippen LogP contribution in [0.1, 0.15) is 25.1 Å². The summed E-state index contributed by atoms with van der Waals surface area (Å²) in [5.41, 5.74) is 1.92. The third-order valence-electron chi connectivity index (χ3n) is 4.40. The van der Waals surface area contributed by atoms with Gasteiger partial charge in [-0.25, -0.2) is 9.97 Å². The summed E-state index contributed by atoms with van der Waals surface area (Å²) in [6.45, 7) is 4.09. The van der Waals surface area contributed by atoms with E-state index >= 15 is 0 Å². The highest BCUT2D eigenvalue weighted by molar-refractivity contribution is 5.91. The predicted molar refractivity (Wildman–Crippen MR) is 97.9 cm³/mol. The third kappa shape index (κ3) is 3.02. The van der Waals surface area contributed by atoms with Gasteiger partial charge in [-0.2, -0.15) is 0 Å². The van der Waals surface area contributed by atoms with Crippen molar-refractivity contribution in [1.82, 2.24) is 15.0 Å². The number of fused-ring (bicyclic) bond motifs is 1. The van der Waals surface area contributed by atoms with Crippen LogP contribution in [0.25, 0.3) is 10.9 Å². The zero-order chi connectivity index (χ0) is 16.4. The molecule has 3 aromatic rings. The Morgan fingerprint density at radius 2 is 1.83 bits per heavy atom. The van der Waals surface area contributed by atoms with Crippen molar-refractivity contribution in [2.24, 2.45) is 0 Å². The van der Waals surface area contributed by atoms with Gasteiger partial charge in [0.25, 0.3) is 0 Å². The molecule has 0 unspecified atom stereocenters. The number of aryl methyl sites for hydroxylation is 1. The van der Waals surface area contributed by atoms with Crippen molar-refractivity contribution in [1.29, 1.82) is 0 Å². The fourth-order valence-corrected chi connectivity index (χ4v) is 3.24. The van der Waals surface area contributed by atoms with Crippen molar-refractivity contribution in [3.05, 3.63) is 48.4 Å². The monoisotopic (exact) mass is 319 g/mol. The van der Waals surface area contributed by atoms with Gasteiger partial charge in [-0.05, 0) is 38.3 Å². The minimum atomic E-state index is 0.786. The largest absolute Gasteiger partial charge is 0.356 e. The summed E-state index contributed by atoms with van der Waals surface area (Å²) in [5, 5.41) is 4.54. The topological polar surface area (TPSA) is 53.9 Å². The lowest BCUT2D eigenvalue weighted by atomic mass is 10.1. The first-order valence-electron chi connectivity index (χ1n) is 8.51. The Bertz CT molecular complexity index is 850. The lowest BCUT2D eigenvalue weighted by Crippen LogP contribution is -2.30. The first-order chi connectivity index (χ1) is 11.8. The van der Waals surface area contributed by atoms with E-state index in [0.717, 1.165) is 47.1 Å². The highest BCUT2D eigenvalue weighted by atomic mass is 15.2. The molecule has 2 aromatic heterocycles. The zero-order valence-corrected chi connectivity index (χ0v) is 13.9. The van der Waals surface area contributed by atoms with Crippen LogP contribution in [0, 0.1) is 6.92 Å². The van der Waals surface area contributed by atoms with Gasteiger partial charge in [0.15, 0.2) is 0 Å². The molecular formula is C19H21N5. The van der Waals surface area contributed by atoms with Crippen LogP contribution in [0.3, 0.4) is 0 Å². The van der Waals surface area contributed by atoms with Crippen LogP contribution < -0.4 is 10.2 Å². The molecule has 0 aliphatic carbocycles. The summed E-state index contributed by atoms with van der Waals surface area (Å²) in [7, 11) is 0. The van der Waals surface area contributed by atoms with Crippen LogP contribution in [0.15, 0.2) is 42.6 Å². The maximum atomic E-state index is 4.62. The molecule has 4 rings (SSSR count). The molecule has 122 valence electrons. The third-order valence-corrected chi connectivity index (χ3v) is 4.40. The molecule has 1 fully saturated rings. The summed E-state index contributed by atoms with van der Waals surface area (Å²) < 4.78 is 0. The number of anilines is 3. The van der Waals surface area contributed by atoms with E-state index in [1.165, 1.54) is 19.3 Å². The number of benzene rings is 1. The van der Waals surface area contributed by atoms with Crippen molar-refractivity contribution < 1.29 is 0 Å². The van der Waals surface area contributed by atoms with Crippen molar-refractivity contribution in [3.8, 4) is 0 Å². The smallest absolute Gasteiger partial charge is 0.136 e. The van der Waals surface area contributed by atoms with E-state index < -0.39 is 0 Å². The quantitative estimate of drug-likeness (QED) is 0.789. The van der Waals surface area contributed by atoms with E-state index in [-0.39, 0.29) is 0 Å².